The molecule has 1 rings (SSSR count). The van der Waals surface area contributed by atoms with Crippen LogP contribution in [0.4, 0.5) is 0 Å². The summed E-state index contributed by atoms with van der Waals surface area (Å²) >= 11 is 0. The highest BCUT2D eigenvalue weighted by Gasteiger charge is 1.93. The van der Waals surface area contributed by atoms with Crippen molar-refractivity contribution in [3.05, 3.63) is 23.7 Å². The topological polar surface area (TPSA) is 49.4 Å². The predicted octanol–water partition coefficient (Wildman–Crippen LogP) is 1.33. The van der Waals surface area contributed by atoms with E-state index < -0.39 is 0 Å². The molecule has 0 radical (unpaired) electrons. The standard InChI is InChI=1S/C7H8N2O/c1-9-5-7-3-2-6(4-8)10-7/h2-5,8H,1H3. The first-order chi connectivity index (χ1) is 4.86. The molecule has 0 spiro atoms. The lowest BCUT2D eigenvalue weighted by Gasteiger charge is -1.80. The molecule has 1 N–H and O–H groups in total. The highest BCUT2D eigenvalue weighted by Crippen LogP contribution is 2.01. The maximum Gasteiger partial charge on any atom is 0.145 e. The Bertz CT molecular complexity index is 250. The van der Waals surface area contributed by atoms with Crippen LogP contribution in [0.1, 0.15) is 11.5 Å². The fraction of sp³-hybridized carbons (Fsp3) is 0.143. The summed E-state index contributed by atoms with van der Waals surface area (Å²) in [6.07, 6.45) is 2.76. The van der Waals surface area contributed by atoms with Crippen LogP contribution in [-0.4, -0.2) is 19.5 Å². The summed E-state index contributed by atoms with van der Waals surface area (Å²) < 4.78 is 5.08. The average molecular weight is 136 g/mol. The summed E-state index contributed by atoms with van der Waals surface area (Å²) in [6, 6.07) is 3.50. The van der Waals surface area contributed by atoms with Gasteiger partial charge in [0.15, 0.2) is 0 Å². The Kier molecular flexibility index (Phi) is 1.99. The molecule has 0 amide bonds. The zero-order valence-electron chi connectivity index (χ0n) is 5.66. The van der Waals surface area contributed by atoms with E-state index in [1.807, 2.05) is 0 Å². The van der Waals surface area contributed by atoms with Crippen LogP contribution in [0.5, 0.6) is 0 Å². The van der Waals surface area contributed by atoms with Crippen LogP contribution >= 0.6 is 0 Å². The summed E-state index contributed by atoms with van der Waals surface area (Å²) in [5.74, 6) is 1.23. The Morgan fingerprint density at radius 3 is 2.70 bits per heavy atom. The molecule has 52 valence electrons. The molecule has 10 heavy (non-hydrogen) atoms. The molecule has 0 atom stereocenters. The maximum absolute atomic E-state index is 6.83. The molecule has 0 unspecified atom stereocenters. The lowest BCUT2D eigenvalue weighted by molar-refractivity contribution is 0.553. The van der Waals surface area contributed by atoms with E-state index in [1.165, 1.54) is 0 Å². The van der Waals surface area contributed by atoms with Gasteiger partial charge in [0, 0.05) is 7.05 Å². The molecule has 1 heterocycles. The summed E-state index contributed by atoms with van der Waals surface area (Å²) in [4.78, 5) is 3.76. The van der Waals surface area contributed by atoms with Crippen LogP contribution in [0.25, 0.3) is 0 Å². The van der Waals surface area contributed by atoms with E-state index in [9.17, 15) is 0 Å². The van der Waals surface area contributed by atoms with Gasteiger partial charge in [0.2, 0.25) is 0 Å². The summed E-state index contributed by atoms with van der Waals surface area (Å²) in [5, 5.41) is 6.83. The Morgan fingerprint density at radius 1 is 1.50 bits per heavy atom. The first kappa shape index (κ1) is 6.74. The molecule has 0 aliphatic rings. The third-order valence-corrected chi connectivity index (χ3v) is 1.05. The number of nitrogens with one attached hydrogen (secondary N) is 1. The van der Waals surface area contributed by atoms with Gasteiger partial charge in [-0.3, -0.25) is 4.99 Å². The predicted molar refractivity (Wildman–Crippen MR) is 40.1 cm³/mol. The van der Waals surface area contributed by atoms with Crippen molar-refractivity contribution in [2.75, 3.05) is 7.05 Å². The molecule has 0 saturated heterocycles. The number of nitrogens with zero attached hydrogens (tertiary/aromatic N) is 1. The third kappa shape index (κ3) is 1.31. The van der Waals surface area contributed by atoms with Crippen molar-refractivity contribution in [1.82, 2.24) is 0 Å². The van der Waals surface area contributed by atoms with E-state index >= 15 is 0 Å². The van der Waals surface area contributed by atoms with Gasteiger partial charge < -0.3 is 9.83 Å². The van der Waals surface area contributed by atoms with Crippen molar-refractivity contribution in [2.24, 2.45) is 4.99 Å². The largest absolute Gasteiger partial charge is 0.454 e. The van der Waals surface area contributed by atoms with Gasteiger partial charge in [-0.05, 0) is 12.1 Å². The lowest BCUT2D eigenvalue weighted by Crippen LogP contribution is -1.73. The molecule has 0 fully saturated rings. The van der Waals surface area contributed by atoms with Gasteiger partial charge in [0.1, 0.15) is 11.5 Å². The Labute approximate surface area is 58.9 Å². The van der Waals surface area contributed by atoms with Gasteiger partial charge in [-0.15, -0.1) is 0 Å². The highest BCUT2D eigenvalue weighted by molar-refractivity contribution is 5.79. The average Bonchev–Trinajstić information content (AvgIpc) is 2.37. The van der Waals surface area contributed by atoms with E-state index in [4.69, 9.17) is 9.83 Å². The van der Waals surface area contributed by atoms with Crippen molar-refractivity contribution in [1.29, 1.82) is 5.41 Å². The molecule has 0 aliphatic heterocycles. The molecule has 1 aromatic rings. The minimum Gasteiger partial charge on any atom is -0.454 e. The number of hydrogen-bond acceptors (Lipinski definition) is 3. The van der Waals surface area contributed by atoms with E-state index in [0.717, 1.165) is 6.21 Å². The Morgan fingerprint density at radius 2 is 2.20 bits per heavy atom. The van der Waals surface area contributed by atoms with Crippen LogP contribution in [0.2, 0.25) is 0 Å². The van der Waals surface area contributed by atoms with Crippen molar-refractivity contribution < 1.29 is 4.42 Å². The van der Waals surface area contributed by atoms with E-state index in [-0.39, 0.29) is 0 Å². The number of hydrogen-bond donors (Lipinski definition) is 1. The van der Waals surface area contributed by atoms with Crippen molar-refractivity contribution >= 4 is 12.4 Å². The minimum absolute atomic E-state index is 0.551. The molecule has 3 heteroatoms. The minimum atomic E-state index is 0.551. The highest BCUT2D eigenvalue weighted by atomic mass is 16.3. The van der Waals surface area contributed by atoms with Crippen LogP contribution in [0, 0.1) is 5.41 Å². The summed E-state index contributed by atoms with van der Waals surface area (Å²) in [5.41, 5.74) is 0. The van der Waals surface area contributed by atoms with Gasteiger partial charge in [-0.2, -0.15) is 0 Å². The molecular weight excluding hydrogens is 128 g/mol. The fourth-order valence-electron chi connectivity index (χ4n) is 0.643. The second-order valence-electron chi connectivity index (χ2n) is 1.77. The number of furan rings is 1. The molecular formula is C7H8N2O. The lowest BCUT2D eigenvalue weighted by atomic mass is 10.4. The molecule has 0 aromatic carbocycles. The van der Waals surface area contributed by atoms with Gasteiger partial charge in [-0.25, -0.2) is 0 Å². The Hall–Kier alpha value is -1.38. The molecule has 1 aromatic heterocycles. The van der Waals surface area contributed by atoms with Crippen molar-refractivity contribution in [3.8, 4) is 0 Å². The van der Waals surface area contributed by atoms with E-state index in [0.29, 0.717) is 11.5 Å². The zero-order chi connectivity index (χ0) is 7.40. The fourth-order valence-corrected chi connectivity index (χ4v) is 0.643. The maximum atomic E-state index is 6.83. The second-order valence-corrected chi connectivity index (χ2v) is 1.77. The molecule has 3 nitrogen and oxygen atoms in total. The van der Waals surface area contributed by atoms with E-state index in [2.05, 4.69) is 4.99 Å². The first-order valence-electron chi connectivity index (χ1n) is 2.89. The number of aliphatic imine (C=N–C) groups is 1. The smallest absolute Gasteiger partial charge is 0.145 e. The monoisotopic (exact) mass is 136 g/mol. The first-order valence-corrected chi connectivity index (χ1v) is 2.89. The number of rotatable bonds is 2. The molecule has 0 aliphatic carbocycles. The quantitative estimate of drug-likeness (QED) is 0.612. The Balaban J connectivity index is 2.87. The second kappa shape index (κ2) is 2.96. The SMILES string of the molecule is CN=Cc1ccc(C=N)o1. The van der Waals surface area contributed by atoms with Crippen molar-refractivity contribution in [3.63, 3.8) is 0 Å². The van der Waals surface area contributed by atoms with Gasteiger partial charge in [0.25, 0.3) is 0 Å². The van der Waals surface area contributed by atoms with Gasteiger partial charge in [-0.1, -0.05) is 0 Å². The van der Waals surface area contributed by atoms with Crippen LogP contribution in [0.3, 0.4) is 0 Å². The third-order valence-electron chi connectivity index (χ3n) is 1.05. The summed E-state index contributed by atoms with van der Waals surface area (Å²) in [6.45, 7) is 0. The van der Waals surface area contributed by atoms with Crippen LogP contribution in [0.15, 0.2) is 21.5 Å². The van der Waals surface area contributed by atoms with E-state index in [1.54, 1.807) is 25.4 Å². The summed E-state index contributed by atoms with van der Waals surface area (Å²) in [7, 11) is 1.67. The van der Waals surface area contributed by atoms with Crippen LogP contribution < -0.4 is 0 Å². The normalized spacial score (nSPS) is 10.5. The van der Waals surface area contributed by atoms with Crippen LogP contribution in [-0.2, 0) is 0 Å². The molecule has 0 saturated carbocycles. The van der Waals surface area contributed by atoms with Crippen molar-refractivity contribution in [2.45, 2.75) is 0 Å². The van der Waals surface area contributed by atoms with Gasteiger partial charge in [0.05, 0.1) is 12.4 Å². The molecule has 0 bridgehead atoms. The van der Waals surface area contributed by atoms with Gasteiger partial charge >= 0.3 is 0 Å². The zero-order valence-corrected chi connectivity index (χ0v) is 5.66.